The second-order valence-electron chi connectivity index (χ2n) is 5.05. The molecule has 0 radical (unpaired) electrons. The molecule has 0 bridgehead atoms. The summed E-state index contributed by atoms with van der Waals surface area (Å²) in [4.78, 5) is 20.3. The Labute approximate surface area is 141 Å². The van der Waals surface area contributed by atoms with Crippen LogP contribution in [0, 0.1) is 0 Å². The number of carbonyl (C=O) groups is 1. The number of alkyl halides is 3. The zero-order chi connectivity index (χ0) is 18.6. The average molecular weight is 359 g/mol. The SMILES string of the molecule is COCC(=O)N(OC)C(C)c1ccc(-c2noc(C(F)(F)F)n2)cc1. The summed E-state index contributed by atoms with van der Waals surface area (Å²) >= 11 is 0. The third-order valence-electron chi connectivity index (χ3n) is 3.38. The van der Waals surface area contributed by atoms with Crippen LogP contribution in [0.5, 0.6) is 0 Å². The largest absolute Gasteiger partial charge is 0.471 e. The minimum absolute atomic E-state index is 0.140. The van der Waals surface area contributed by atoms with Crippen LogP contribution in [0.2, 0.25) is 0 Å². The molecule has 136 valence electrons. The number of ether oxygens (including phenoxy) is 1. The van der Waals surface area contributed by atoms with Crippen LogP contribution in [0.1, 0.15) is 24.4 Å². The number of benzene rings is 1. The highest BCUT2D eigenvalue weighted by molar-refractivity contribution is 5.76. The molecule has 1 unspecified atom stereocenters. The molecule has 7 nitrogen and oxygen atoms in total. The van der Waals surface area contributed by atoms with Gasteiger partial charge in [-0.05, 0) is 12.5 Å². The van der Waals surface area contributed by atoms with E-state index in [0.717, 1.165) is 5.06 Å². The van der Waals surface area contributed by atoms with E-state index in [1.165, 1.54) is 26.4 Å². The highest BCUT2D eigenvalue weighted by atomic mass is 19.4. The molecule has 10 heteroatoms. The number of amides is 1. The maximum absolute atomic E-state index is 12.5. The number of hydrogen-bond acceptors (Lipinski definition) is 6. The molecular weight excluding hydrogens is 343 g/mol. The molecule has 0 saturated heterocycles. The summed E-state index contributed by atoms with van der Waals surface area (Å²) < 4.78 is 46.5. The second kappa shape index (κ2) is 7.62. The highest BCUT2D eigenvalue weighted by Crippen LogP contribution is 2.30. The van der Waals surface area contributed by atoms with Gasteiger partial charge >= 0.3 is 12.1 Å². The molecule has 1 aromatic heterocycles. The lowest BCUT2D eigenvalue weighted by Crippen LogP contribution is -2.35. The lowest BCUT2D eigenvalue weighted by molar-refractivity contribution is -0.191. The third-order valence-corrected chi connectivity index (χ3v) is 3.38. The summed E-state index contributed by atoms with van der Waals surface area (Å²) in [6.07, 6.45) is -4.69. The first kappa shape index (κ1) is 18.9. The molecule has 1 atom stereocenters. The van der Waals surface area contributed by atoms with Gasteiger partial charge in [0.05, 0.1) is 13.2 Å². The van der Waals surface area contributed by atoms with Gasteiger partial charge in [-0.25, -0.2) is 5.06 Å². The number of nitrogens with zero attached hydrogens (tertiary/aromatic N) is 3. The van der Waals surface area contributed by atoms with E-state index in [1.54, 1.807) is 19.1 Å². The van der Waals surface area contributed by atoms with Gasteiger partial charge in [0, 0.05) is 12.7 Å². The minimum Gasteiger partial charge on any atom is -0.375 e. The molecular formula is C15H16F3N3O4. The van der Waals surface area contributed by atoms with Gasteiger partial charge in [-0.3, -0.25) is 9.63 Å². The Morgan fingerprint density at radius 2 is 1.92 bits per heavy atom. The predicted molar refractivity (Wildman–Crippen MR) is 78.9 cm³/mol. The van der Waals surface area contributed by atoms with Crippen LogP contribution in [0.3, 0.4) is 0 Å². The normalized spacial score (nSPS) is 12.9. The Morgan fingerprint density at radius 3 is 2.40 bits per heavy atom. The number of rotatable bonds is 6. The van der Waals surface area contributed by atoms with Gasteiger partial charge < -0.3 is 9.26 Å². The molecule has 0 N–H and O–H groups in total. The standard InChI is InChI=1S/C15H16F3N3O4/c1-9(21(24-3)12(22)8-23-2)10-4-6-11(7-5-10)13-19-14(25-20-13)15(16,17)18/h4-7,9H,8H2,1-3H3. The van der Waals surface area contributed by atoms with Crippen molar-refractivity contribution >= 4 is 5.91 Å². The Bertz CT molecular complexity index is 716. The van der Waals surface area contributed by atoms with Crippen molar-refractivity contribution < 1.29 is 32.1 Å². The Morgan fingerprint density at radius 1 is 1.28 bits per heavy atom. The van der Waals surface area contributed by atoms with Crippen molar-refractivity contribution in [1.82, 2.24) is 15.2 Å². The lowest BCUT2D eigenvalue weighted by atomic mass is 10.1. The van der Waals surface area contributed by atoms with Gasteiger partial charge in [-0.1, -0.05) is 29.4 Å². The van der Waals surface area contributed by atoms with Crippen molar-refractivity contribution in [2.24, 2.45) is 0 Å². The number of carbonyl (C=O) groups excluding carboxylic acids is 1. The number of hydrogen-bond donors (Lipinski definition) is 0. The first-order chi connectivity index (χ1) is 11.8. The fraction of sp³-hybridized carbons (Fsp3) is 0.400. The van der Waals surface area contributed by atoms with E-state index < -0.39 is 18.1 Å². The van der Waals surface area contributed by atoms with Crippen LogP contribution in [0.25, 0.3) is 11.4 Å². The van der Waals surface area contributed by atoms with E-state index in [1.807, 2.05) is 0 Å². The summed E-state index contributed by atoms with van der Waals surface area (Å²) in [5, 5.41) is 4.47. The van der Waals surface area contributed by atoms with E-state index in [2.05, 4.69) is 14.7 Å². The maximum atomic E-state index is 12.5. The summed E-state index contributed by atoms with van der Waals surface area (Å²) in [5.41, 5.74) is 1.05. The molecule has 0 spiro atoms. The summed E-state index contributed by atoms with van der Waals surface area (Å²) in [6, 6.07) is 5.90. The molecule has 1 aromatic carbocycles. The van der Waals surface area contributed by atoms with Crippen molar-refractivity contribution in [2.75, 3.05) is 20.8 Å². The van der Waals surface area contributed by atoms with Crippen molar-refractivity contribution in [3.8, 4) is 11.4 Å². The van der Waals surface area contributed by atoms with Crippen molar-refractivity contribution in [1.29, 1.82) is 0 Å². The molecule has 0 fully saturated rings. The molecule has 2 aromatic rings. The van der Waals surface area contributed by atoms with Crippen molar-refractivity contribution in [3.63, 3.8) is 0 Å². The molecule has 2 rings (SSSR count). The summed E-state index contributed by atoms with van der Waals surface area (Å²) in [6.45, 7) is 1.60. The number of aromatic nitrogens is 2. The van der Waals surface area contributed by atoms with Crippen LogP contribution >= 0.6 is 0 Å². The van der Waals surface area contributed by atoms with Crippen molar-refractivity contribution in [2.45, 2.75) is 19.1 Å². The fourth-order valence-electron chi connectivity index (χ4n) is 2.16. The monoisotopic (exact) mass is 359 g/mol. The molecule has 1 amide bonds. The molecule has 0 aliphatic heterocycles. The van der Waals surface area contributed by atoms with Crippen LogP contribution in [-0.2, 0) is 20.5 Å². The van der Waals surface area contributed by atoms with E-state index in [4.69, 9.17) is 9.57 Å². The van der Waals surface area contributed by atoms with E-state index >= 15 is 0 Å². The topological polar surface area (TPSA) is 77.7 Å². The Hall–Kier alpha value is -2.46. The zero-order valence-corrected chi connectivity index (χ0v) is 13.7. The Balaban J connectivity index is 2.18. The van der Waals surface area contributed by atoms with E-state index in [0.29, 0.717) is 11.1 Å². The van der Waals surface area contributed by atoms with Crippen LogP contribution in [-0.4, -0.2) is 41.9 Å². The molecule has 0 aliphatic rings. The highest BCUT2D eigenvalue weighted by Gasteiger charge is 2.38. The van der Waals surface area contributed by atoms with Gasteiger partial charge in [0.15, 0.2) is 0 Å². The first-order valence-corrected chi connectivity index (χ1v) is 7.14. The molecule has 0 saturated carbocycles. The molecule has 0 aliphatic carbocycles. The van der Waals surface area contributed by atoms with Gasteiger partial charge in [-0.2, -0.15) is 18.2 Å². The Kier molecular flexibility index (Phi) is 5.75. The van der Waals surface area contributed by atoms with E-state index in [-0.39, 0.29) is 18.3 Å². The third kappa shape index (κ3) is 4.34. The predicted octanol–water partition coefficient (Wildman–Crippen LogP) is 2.85. The van der Waals surface area contributed by atoms with Crippen LogP contribution < -0.4 is 0 Å². The average Bonchev–Trinajstić information content (AvgIpc) is 3.06. The van der Waals surface area contributed by atoms with Crippen molar-refractivity contribution in [3.05, 3.63) is 35.7 Å². The van der Waals surface area contributed by atoms with E-state index in [9.17, 15) is 18.0 Å². The van der Waals surface area contributed by atoms with Gasteiger partial charge in [0.2, 0.25) is 5.82 Å². The molecule has 1 heterocycles. The van der Waals surface area contributed by atoms with Gasteiger partial charge in [0.1, 0.15) is 6.61 Å². The van der Waals surface area contributed by atoms with Gasteiger partial charge in [-0.15, -0.1) is 0 Å². The quantitative estimate of drug-likeness (QED) is 0.738. The van der Waals surface area contributed by atoms with Gasteiger partial charge in [0.25, 0.3) is 5.91 Å². The fourth-order valence-corrected chi connectivity index (χ4v) is 2.16. The number of methoxy groups -OCH3 is 1. The zero-order valence-electron chi connectivity index (χ0n) is 13.7. The minimum atomic E-state index is -4.69. The summed E-state index contributed by atoms with van der Waals surface area (Å²) in [5.74, 6) is -1.95. The lowest BCUT2D eigenvalue weighted by Gasteiger charge is -2.26. The smallest absolute Gasteiger partial charge is 0.375 e. The molecule has 25 heavy (non-hydrogen) atoms. The number of halogens is 3. The maximum Gasteiger partial charge on any atom is 0.471 e. The first-order valence-electron chi connectivity index (χ1n) is 7.14. The van der Waals surface area contributed by atoms with Crippen LogP contribution in [0.15, 0.2) is 28.8 Å². The second-order valence-corrected chi connectivity index (χ2v) is 5.05. The summed E-state index contributed by atoms with van der Waals surface area (Å²) in [7, 11) is 2.75. The number of hydroxylamine groups is 2. The van der Waals surface area contributed by atoms with Crippen LogP contribution in [0.4, 0.5) is 13.2 Å².